The highest BCUT2D eigenvalue weighted by Crippen LogP contribution is 2.25. The number of ether oxygens (including phenoxy) is 2. The Labute approximate surface area is 151 Å². The van der Waals surface area contributed by atoms with Crippen LogP contribution in [0.5, 0.6) is 0 Å². The van der Waals surface area contributed by atoms with Crippen molar-refractivity contribution in [3.05, 3.63) is 58.9 Å². The van der Waals surface area contributed by atoms with Crippen molar-refractivity contribution in [3.8, 4) is 11.1 Å². The van der Waals surface area contributed by atoms with Gasteiger partial charge in [0.05, 0.1) is 13.2 Å². The molecule has 130 valence electrons. The van der Waals surface area contributed by atoms with Crippen molar-refractivity contribution in [2.75, 3.05) is 13.2 Å². The van der Waals surface area contributed by atoms with E-state index in [1.54, 1.807) is 26.1 Å². The topological polar surface area (TPSA) is 65.5 Å². The van der Waals surface area contributed by atoms with Crippen LogP contribution >= 0.6 is 11.6 Å². The van der Waals surface area contributed by atoms with E-state index in [0.29, 0.717) is 5.56 Å². The lowest BCUT2D eigenvalue weighted by Crippen LogP contribution is -2.18. The molecule has 0 aliphatic heterocycles. The molecule has 0 unspecified atom stereocenters. The highest BCUT2D eigenvalue weighted by Gasteiger charge is 2.21. The Kier molecular flexibility index (Phi) is 6.71. The summed E-state index contributed by atoms with van der Waals surface area (Å²) >= 11 is 6.13. The first-order valence-electron chi connectivity index (χ1n) is 7.83. The molecule has 0 atom stereocenters. The zero-order valence-electron chi connectivity index (χ0n) is 14.0. The summed E-state index contributed by atoms with van der Waals surface area (Å²) in [5, 5.41) is 0.172. The molecule has 0 N–H and O–H groups in total. The number of hydrogen-bond acceptors (Lipinski definition) is 5. The highest BCUT2D eigenvalue weighted by atomic mass is 35.5. The number of aromatic nitrogens is 1. The van der Waals surface area contributed by atoms with Crippen LogP contribution in [0.4, 0.5) is 0 Å². The minimum absolute atomic E-state index is 0.144. The minimum Gasteiger partial charge on any atom is -0.462 e. The van der Waals surface area contributed by atoms with Gasteiger partial charge in [-0.2, -0.15) is 0 Å². The molecule has 0 fully saturated rings. The molecular formula is C19H18ClNO4. The van der Waals surface area contributed by atoms with Crippen LogP contribution in [0.2, 0.25) is 5.15 Å². The summed E-state index contributed by atoms with van der Waals surface area (Å²) in [6.45, 7) is 3.60. The average Bonchev–Trinajstić information content (AvgIpc) is 2.62. The quantitative estimate of drug-likeness (QED) is 0.257. The molecular weight excluding hydrogens is 342 g/mol. The molecule has 0 amide bonds. The van der Waals surface area contributed by atoms with Gasteiger partial charge in [0.1, 0.15) is 10.7 Å². The van der Waals surface area contributed by atoms with E-state index in [0.717, 1.165) is 11.1 Å². The largest absolute Gasteiger partial charge is 0.462 e. The first kappa shape index (κ1) is 18.7. The number of rotatable bonds is 6. The van der Waals surface area contributed by atoms with E-state index < -0.39 is 11.9 Å². The number of carbonyl (C=O) groups is 2. The second-order valence-corrected chi connectivity index (χ2v) is 5.33. The summed E-state index contributed by atoms with van der Waals surface area (Å²) in [7, 11) is 0. The van der Waals surface area contributed by atoms with Crippen LogP contribution in [0.3, 0.4) is 0 Å². The van der Waals surface area contributed by atoms with E-state index in [-0.39, 0.29) is 23.9 Å². The van der Waals surface area contributed by atoms with Crippen LogP contribution in [0.15, 0.2) is 48.2 Å². The van der Waals surface area contributed by atoms with Gasteiger partial charge < -0.3 is 9.47 Å². The number of pyridine rings is 1. The molecule has 2 rings (SSSR count). The minimum atomic E-state index is -0.762. The van der Waals surface area contributed by atoms with Crippen LogP contribution in [-0.2, 0) is 19.1 Å². The summed E-state index contributed by atoms with van der Waals surface area (Å²) in [4.78, 5) is 28.3. The van der Waals surface area contributed by atoms with Gasteiger partial charge in [-0.3, -0.25) is 0 Å². The first-order chi connectivity index (χ1) is 12.1. The lowest BCUT2D eigenvalue weighted by molar-refractivity contribution is -0.146. The number of carbonyl (C=O) groups excluding carboxylic acids is 2. The van der Waals surface area contributed by atoms with Crippen LogP contribution in [-0.4, -0.2) is 30.1 Å². The van der Waals surface area contributed by atoms with Gasteiger partial charge in [0.25, 0.3) is 0 Å². The monoisotopic (exact) mass is 359 g/mol. The summed E-state index contributed by atoms with van der Waals surface area (Å²) in [6.07, 6.45) is 2.97. The van der Waals surface area contributed by atoms with Gasteiger partial charge in [-0.05, 0) is 31.6 Å². The Morgan fingerprint density at radius 3 is 2.20 bits per heavy atom. The normalized spacial score (nSPS) is 10.0. The lowest BCUT2D eigenvalue weighted by atomic mass is 10.0. The van der Waals surface area contributed by atoms with Crippen molar-refractivity contribution in [3.63, 3.8) is 0 Å². The fraction of sp³-hybridized carbons (Fsp3) is 0.211. The third-order valence-corrected chi connectivity index (χ3v) is 3.58. The average molecular weight is 360 g/mol. The predicted octanol–water partition coefficient (Wildman–Crippen LogP) is 3.91. The van der Waals surface area contributed by atoms with E-state index in [1.807, 2.05) is 30.3 Å². The molecule has 0 spiro atoms. The summed E-state index contributed by atoms with van der Waals surface area (Å²) in [5.41, 5.74) is 1.95. The fourth-order valence-electron chi connectivity index (χ4n) is 2.13. The Morgan fingerprint density at radius 1 is 1.04 bits per heavy atom. The molecule has 1 heterocycles. The van der Waals surface area contributed by atoms with E-state index >= 15 is 0 Å². The van der Waals surface area contributed by atoms with Gasteiger partial charge in [-0.15, -0.1) is 0 Å². The van der Waals surface area contributed by atoms with Crippen LogP contribution < -0.4 is 0 Å². The second-order valence-electron chi connectivity index (χ2n) is 4.97. The maximum Gasteiger partial charge on any atom is 0.345 e. The third kappa shape index (κ3) is 4.90. The Balaban J connectivity index is 2.47. The van der Waals surface area contributed by atoms with Gasteiger partial charge in [0.15, 0.2) is 0 Å². The maximum atomic E-state index is 12.1. The lowest BCUT2D eigenvalue weighted by Gasteiger charge is -2.08. The molecule has 0 aliphatic carbocycles. The van der Waals surface area contributed by atoms with Crippen LogP contribution in [0.1, 0.15) is 19.4 Å². The molecule has 0 aliphatic rings. The molecule has 0 radical (unpaired) electrons. The molecule has 0 saturated heterocycles. The van der Waals surface area contributed by atoms with Crippen molar-refractivity contribution < 1.29 is 19.1 Å². The van der Waals surface area contributed by atoms with E-state index in [9.17, 15) is 9.59 Å². The van der Waals surface area contributed by atoms with Gasteiger partial charge in [0, 0.05) is 17.3 Å². The number of esters is 2. The van der Waals surface area contributed by atoms with Gasteiger partial charge in [-0.25, -0.2) is 14.6 Å². The predicted molar refractivity (Wildman–Crippen MR) is 95.9 cm³/mol. The fourth-order valence-corrected chi connectivity index (χ4v) is 2.29. The molecule has 2 aromatic rings. The molecule has 0 bridgehead atoms. The molecule has 1 aromatic carbocycles. The summed E-state index contributed by atoms with van der Waals surface area (Å²) in [6, 6.07) is 11.3. The van der Waals surface area contributed by atoms with Gasteiger partial charge in [-0.1, -0.05) is 41.9 Å². The number of nitrogens with zero attached hydrogens (tertiary/aromatic N) is 1. The number of halogens is 1. The smallest absolute Gasteiger partial charge is 0.345 e. The van der Waals surface area contributed by atoms with Crippen LogP contribution in [0, 0.1) is 0 Å². The molecule has 5 nitrogen and oxygen atoms in total. The Bertz CT molecular complexity index is 767. The summed E-state index contributed by atoms with van der Waals surface area (Å²) < 4.78 is 9.85. The molecule has 25 heavy (non-hydrogen) atoms. The number of benzene rings is 1. The van der Waals surface area contributed by atoms with Crippen molar-refractivity contribution in [2.24, 2.45) is 0 Å². The summed E-state index contributed by atoms with van der Waals surface area (Å²) in [5.74, 6) is -1.52. The van der Waals surface area contributed by atoms with E-state index in [4.69, 9.17) is 21.1 Å². The third-order valence-electron chi connectivity index (χ3n) is 3.26. The van der Waals surface area contributed by atoms with Crippen molar-refractivity contribution in [2.45, 2.75) is 13.8 Å². The van der Waals surface area contributed by atoms with Gasteiger partial charge in [0.2, 0.25) is 0 Å². The SMILES string of the molecule is CCOC(=O)C(=Cc1cc(-c2ccccc2)cnc1Cl)C(=O)OCC. The van der Waals surface area contributed by atoms with E-state index in [2.05, 4.69) is 4.98 Å². The zero-order chi connectivity index (χ0) is 18.2. The second kappa shape index (κ2) is 8.99. The highest BCUT2D eigenvalue weighted by molar-refractivity contribution is 6.31. The van der Waals surface area contributed by atoms with Crippen molar-refractivity contribution >= 4 is 29.6 Å². The Hall–Kier alpha value is -2.66. The van der Waals surface area contributed by atoms with Crippen molar-refractivity contribution in [1.82, 2.24) is 4.98 Å². The first-order valence-corrected chi connectivity index (χ1v) is 8.21. The number of hydrogen-bond donors (Lipinski definition) is 0. The molecule has 1 aromatic heterocycles. The van der Waals surface area contributed by atoms with Gasteiger partial charge >= 0.3 is 11.9 Å². The maximum absolute atomic E-state index is 12.1. The molecule has 0 saturated carbocycles. The van der Waals surface area contributed by atoms with E-state index in [1.165, 1.54) is 6.08 Å². The molecule has 6 heteroatoms. The Morgan fingerprint density at radius 2 is 1.64 bits per heavy atom. The van der Waals surface area contributed by atoms with Crippen LogP contribution in [0.25, 0.3) is 17.2 Å². The zero-order valence-corrected chi connectivity index (χ0v) is 14.7. The standard InChI is InChI=1S/C19H18ClNO4/c1-3-24-18(22)16(19(23)25-4-2)11-14-10-15(12-21-17(14)20)13-8-6-5-7-9-13/h5-12H,3-4H2,1-2H3. The van der Waals surface area contributed by atoms with Crippen molar-refractivity contribution in [1.29, 1.82) is 0 Å².